The molecular formula is C53H113Cl2N12O4P3S. The van der Waals surface area contributed by atoms with Crippen molar-refractivity contribution in [2.45, 2.75) is 151 Å². The summed E-state index contributed by atoms with van der Waals surface area (Å²) in [4.78, 5) is 47.0. The van der Waals surface area contributed by atoms with Gasteiger partial charge in [0.05, 0.1) is 56.2 Å². The molecule has 16 nitrogen and oxygen atoms in total. The van der Waals surface area contributed by atoms with Crippen LogP contribution in [-0.2, 0) is 13.8 Å². The number of rotatable bonds is 21. The smallest absolute Gasteiger partial charge is 0.314 e. The number of likely N-dealkylation sites (tertiary alicyclic amines) is 4. The third-order valence-electron chi connectivity index (χ3n) is 11.5. The van der Waals surface area contributed by atoms with Crippen molar-refractivity contribution in [3.8, 4) is 0 Å². The van der Waals surface area contributed by atoms with Gasteiger partial charge in [0.2, 0.25) is 6.08 Å². The van der Waals surface area contributed by atoms with E-state index in [-0.39, 0.29) is 60.5 Å². The van der Waals surface area contributed by atoms with Crippen LogP contribution in [0.25, 0.3) is 0 Å². The molecule has 4 fully saturated rings. The van der Waals surface area contributed by atoms with Gasteiger partial charge in [0.25, 0.3) is 9.05 Å². The van der Waals surface area contributed by atoms with Gasteiger partial charge in [-0.15, -0.1) is 0 Å². The number of nitrogens with two attached hydrogens (primary N) is 1. The maximum Gasteiger partial charge on any atom is 0.314 e. The van der Waals surface area contributed by atoms with Crippen molar-refractivity contribution < 1.29 is 34.9 Å². The number of carbonyl (C=O) groups excluding carboxylic acids is 2. The predicted molar refractivity (Wildman–Crippen MR) is 336 cm³/mol. The van der Waals surface area contributed by atoms with E-state index in [1.165, 1.54) is 172 Å². The van der Waals surface area contributed by atoms with Crippen molar-refractivity contribution in [3.05, 3.63) is 29.8 Å². The number of aryl methyl sites for hydroxylation is 1. The molecule has 444 valence electrons. The summed E-state index contributed by atoms with van der Waals surface area (Å²) in [7, 11) is 1.54. The Kier molecular flexibility index (Phi) is 73.3. The fourth-order valence-electron chi connectivity index (χ4n) is 7.73. The Morgan fingerprint density at radius 2 is 1.07 bits per heavy atom. The number of aliphatic imine (C=N–C) groups is 5. The number of halogens is 2. The first-order valence-electron chi connectivity index (χ1n) is 26.8. The first-order chi connectivity index (χ1) is 33.8. The number of benzene rings is 1. The molecule has 4 aliphatic rings. The summed E-state index contributed by atoms with van der Waals surface area (Å²) < 4.78 is 22.7. The van der Waals surface area contributed by atoms with Gasteiger partial charge in [-0.25, -0.2) is 43.0 Å². The fraction of sp³-hybridized carbons (Fsp3) is 0.811. The van der Waals surface area contributed by atoms with Gasteiger partial charge < -0.3 is 48.0 Å². The molecule has 4 saturated heterocycles. The van der Waals surface area contributed by atoms with Crippen molar-refractivity contribution in [3.63, 3.8) is 0 Å². The maximum atomic E-state index is 11.0. The van der Waals surface area contributed by atoms with Crippen LogP contribution in [0.15, 0.2) is 54.1 Å². The Balaban J connectivity index is -0.000000147. The summed E-state index contributed by atoms with van der Waals surface area (Å²) in [6.45, 7) is 38.9. The zero-order valence-electron chi connectivity index (χ0n) is 47.9. The lowest BCUT2D eigenvalue weighted by Crippen LogP contribution is -3.00. The number of nitrogens with zero attached hydrogens (tertiary/aromatic N) is 9. The summed E-state index contributed by atoms with van der Waals surface area (Å²) in [6.07, 6.45) is 18.2. The SMILES string of the molecule is C.CCC.CCN=C=NCCCN1CCCC1.CCN=C=NCCC[N+]1(CC)CCCC1.CCN=C=O.CCNC(=O)NCCCN1CCCC1.Cc1ccc(S(=O)(=O)Cl)cc1.NCCCN1CCCC1.P.P.P.[Cl-]. The standard InChI is InChI=1S/C12H24N3.C10H21N3O.C10H19N3.C7H7ClO2S.C7H16N2.C3H5NO.C3H8.CH4.ClH.3H3P/c1-3-13-12-14-8-7-11-15(4-2)9-5-6-10-15;1-2-11-10(14)12-6-5-9-13-7-3-4-8-13;1-2-11-10-12-6-5-9-13-7-3-4-8-13;1-6-2-4-7(5-3-6)11(8,9)10;8-4-3-7-9-5-1-2-6-9;1-2-4-3-5;1-3-2;;;;;/h3-11H2,1-2H3;2-9H2,1H3,(H2,11,12,14);2-9H2,1H3;2-5H,1H3;1-8H2;2H2,1H3;3H2,1-2H3;1H4;1H;3*1H3/q+1;;;;;;;;;;;/p-1. The topological polar surface area (TPSA) is 190 Å². The van der Waals surface area contributed by atoms with Crippen molar-refractivity contribution >= 4 is 73.6 Å². The molecule has 22 heteroatoms. The van der Waals surface area contributed by atoms with Gasteiger partial charge in [-0.05, 0) is 177 Å². The van der Waals surface area contributed by atoms with E-state index in [1.54, 1.807) is 19.1 Å². The monoisotopic (exact) mass is 1180 g/mol. The number of nitrogens with one attached hydrogen (secondary N) is 2. The van der Waals surface area contributed by atoms with Crippen molar-refractivity contribution in [2.24, 2.45) is 30.7 Å². The third-order valence-corrected chi connectivity index (χ3v) is 12.9. The number of amides is 2. The minimum absolute atomic E-state index is 0. The van der Waals surface area contributed by atoms with Gasteiger partial charge in [0, 0.05) is 62.7 Å². The van der Waals surface area contributed by atoms with Crippen LogP contribution in [0.2, 0.25) is 0 Å². The van der Waals surface area contributed by atoms with Crippen molar-refractivity contribution in [1.29, 1.82) is 0 Å². The average Bonchev–Trinajstić information content (AvgIpc) is 4.22. The normalized spacial score (nSPS) is 14.6. The third kappa shape index (κ3) is 55.4. The maximum absolute atomic E-state index is 11.0. The zero-order chi connectivity index (χ0) is 52.4. The Hall–Kier alpha value is -1.75. The Morgan fingerprint density at radius 3 is 1.43 bits per heavy atom. The van der Waals surface area contributed by atoms with Gasteiger partial charge >= 0.3 is 6.03 Å². The van der Waals surface area contributed by atoms with E-state index in [9.17, 15) is 13.2 Å². The summed E-state index contributed by atoms with van der Waals surface area (Å²) in [5.41, 5.74) is 6.39. The molecule has 1 aromatic carbocycles. The molecule has 2 amide bonds. The lowest BCUT2D eigenvalue weighted by molar-refractivity contribution is -0.915. The minimum Gasteiger partial charge on any atom is -1.00 e. The summed E-state index contributed by atoms with van der Waals surface area (Å²) in [5.74, 6) is 0. The molecule has 4 aliphatic heterocycles. The molecular weight excluding hydrogens is 1060 g/mol. The highest BCUT2D eigenvalue weighted by atomic mass is 35.7. The lowest BCUT2D eigenvalue weighted by Gasteiger charge is -2.32. The van der Waals surface area contributed by atoms with E-state index in [0.717, 1.165) is 64.2 Å². The molecule has 4 heterocycles. The van der Waals surface area contributed by atoms with Crippen LogP contribution >= 0.6 is 40.4 Å². The largest absolute Gasteiger partial charge is 1.00 e. The highest BCUT2D eigenvalue weighted by Gasteiger charge is 2.29. The van der Waals surface area contributed by atoms with Gasteiger partial charge in [-0.2, -0.15) is 29.7 Å². The second-order valence-corrected chi connectivity index (χ2v) is 20.2. The predicted octanol–water partition coefficient (Wildman–Crippen LogP) is 6.58. The van der Waals surface area contributed by atoms with E-state index in [4.69, 9.17) is 21.2 Å². The summed E-state index contributed by atoms with van der Waals surface area (Å²) in [6, 6.07) is 11.8. The molecule has 0 spiro atoms. The number of urea groups is 1. The summed E-state index contributed by atoms with van der Waals surface area (Å²) in [5, 5.41) is 5.54. The molecule has 0 saturated carbocycles. The van der Waals surface area contributed by atoms with Crippen LogP contribution in [-0.4, -0.2) is 189 Å². The molecule has 75 heavy (non-hydrogen) atoms. The number of quaternary nitrogens is 1. The highest BCUT2D eigenvalue weighted by Crippen LogP contribution is 2.19. The van der Waals surface area contributed by atoms with Gasteiger partial charge in [0.1, 0.15) is 0 Å². The molecule has 0 radical (unpaired) electrons. The van der Waals surface area contributed by atoms with Crippen LogP contribution in [0.1, 0.15) is 145 Å². The molecule has 0 aliphatic carbocycles. The van der Waals surface area contributed by atoms with Crippen LogP contribution < -0.4 is 28.8 Å². The Morgan fingerprint density at radius 1 is 0.653 bits per heavy atom. The number of hydrogen-bond acceptors (Lipinski definition) is 13. The van der Waals surface area contributed by atoms with Gasteiger partial charge in [0.15, 0.2) is 0 Å². The first kappa shape index (κ1) is 87.1. The molecule has 3 atom stereocenters. The van der Waals surface area contributed by atoms with Crippen LogP contribution in [0.3, 0.4) is 0 Å². The van der Waals surface area contributed by atoms with Gasteiger partial charge in [-0.3, -0.25) is 0 Å². The molecule has 5 rings (SSSR count). The molecule has 4 N–H and O–H groups in total. The minimum atomic E-state index is -3.55. The Bertz CT molecular complexity index is 1670. The zero-order valence-corrected chi connectivity index (χ0v) is 54.4. The number of isocyanates is 1. The van der Waals surface area contributed by atoms with E-state index < -0.39 is 9.05 Å². The summed E-state index contributed by atoms with van der Waals surface area (Å²) >= 11 is 0. The second-order valence-electron chi connectivity index (χ2n) is 17.6. The van der Waals surface area contributed by atoms with Crippen molar-refractivity contribution in [2.75, 3.05) is 137 Å². The molecule has 3 unspecified atom stereocenters. The van der Waals surface area contributed by atoms with Crippen LogP contribution in [0.5, 0.6) is 0 Å². The lowest BCUT2D eigenvalue weighted by atomic mass is 10.2. The Labute approximate surface area is 480 Å². The van der Waals surface area contributed by atoms with Crippen LogP contribution in [0.4, 0.5) is 4.79 Å². The number of hydrogen-bond donors (Lipinski definition) is 3. The quantitative estimate of drug-likeness (QED) is 0.0307. The average molecular weight is 1180 g/mol. The van der Waals surface area contributed by atoms with Gasteiger partial charge in [-0.1, -0.05) is 45.4 Å². The number of carbonyl (C=O) groups is 1. The highest BCUT2D eigenvalue weighted by molar-refractivity contribution is 8.13. The van der Waals surface area contributed by atoms with E-state index >= 15 is 0 Å². The molecule has 0 bridgehead atoms. The molecule has 1 aromatic rings. The van der Waals surface area contributed by atoms with Crippen molar-refractivity contribution in [1.82, 2.24) is 25.3 Å². The molecule has 0 aromatic heterocycles. The first-order valence-corrected chi connectivity index (χ1v) is 29.1. The van der Waals surface area contributed by atoms with E-state index in [1.807, 2.05) is 27.7 Å². The van der Waals surface area contributed by atoms with E-state index in [2.05, 4.69) is 83.1 Å². The van der Waals surface area contributed by atoms with E-state index in [0.29, 0.717) is 13.1 Å². The second kappa shape index (κ2) is 63.1. The fourth-order valence-corrected chi connectivity index (χ4v) is 8.50. The van der Waals surface area contributed by atoms with Crippen LogP contribution in [0, 0.1) is 6.92 Å².